The molecule has 29 heavy (non-hydrogen) atoms. The van der Waals surface area contributed by atoms with E-state index in [0.717, 1.165) is 17.1 Å². The number of esters is 1. The van der Waals surface area contributed by atoms with E-state index in [1.165, 1.54) is 0 Å². The number of hydrogen-bond donors (Lipinski definition) is 1. The molecular formula is C21H30N2O6. The van der Waals surface area contributed by atoms with Crippen LogP contribution in [0.3, 0.4) is 0 Å². The molecule has 3 rings (SSSR count). The van der Waals surface area contributed by atoms with Gasteiger partial charge < -0.3 is 29.6 Å². The maximum absolute atomic E-state index is 12.7. The summed E-state index contributed by atoms with van der Waals surface area (Å²) in [7, 11) is 0. The molecule has 1 aromatic rings. The van der Waals surface area contributed by atoms with Crippen LogP contribution < -0.4 is 15.2 Å². The van der Waals surface area contributed by atoms with Crippen molar-refractivity contribution in [2.24, 2.45) is 11.7 Å². The van der Waals surface area contributed by atoms with E-state index in [1.807, 2.05) is 39.0 Å². The van der Waals surface area contributed by atoms with Crippen LogP contribution in [0.4, 0.5) is 4.79 Å². The van der Waals surface area contributed by atoms with Gasteiger partial charge >= 0.3 is 12.1 Å². The van der Waals surface area contributed by atoms with Gasteiger partial charge in [-0.05, 0) is 57.2 Å². The smallest absolute Gasteiger partial charge is 0.410 e. The maximum Gasteiger partial charge on any atom is 0.410 e. The van der Waals surface area contributed by atoms with Crippen LogP contribution >= 0.6 is 0 Å². The molecule has 2 aliphatic rings. The molecule has 0 spiro atoms. The summed E-state index contributed by atoms with van der Waals surface area (Å²) in [6, 6.07) is 5.07. The lowest BCUT2D eigenvalue weighted by atomic mass is 9.86. The first-order chi connectivity index (χ1) is 13.7. The second kappa shape index (κ2) is 8.49. The number of likely N-dealkylation sites (N-methyl/N-ethyl adjacent to an activating group) is 1. The molecule has 2 N–H and O–H groups in total. The van der Waals surface area contributed by atoms with Crippen LogP contribution in [0.1, 0.15) is 39.7 Å². The molecule has 4 atom stereocenters. The summed E-state index contributed by atoms with van der Waals surface area (Å²) in [5, 5.41) is 0. The number of carbonyl (C=O) groups is 2. The lowest BCUT2D eigenvalue weighted by Crippen LogP contribution is -2.53. The lowest BCUT2D eigenvalue weighted by molar-refractivity contribution is -0.177. The van der Waals surface area contributed by atoms with Crippen molar-refractivity contribution in [1.82, 2.24) is 4.90 Å². The number of hydrogen-bond acceptors (Lipinski definition) is 7. The number of nitrogens with zero attached hydrogens (tertiary/aromatic N) is 1. The molecule has 1 saturated heterocycles. The molecule has 0 radical (unpaired) electrons. The van der Waals surface area contributed by atoms with E-state index in [4.69, 9.17) is 24.7 Å². The van der Waals surface area contributed by atoms with E-state index < -0.39 is 23.7 Å². The molecule has 8 heteroatoms. The largest absolute Gasteiger partial charge is 0.455 e. The number of carbonyl (C=O) groups excluding carboxylic acids is 2. The minimum Gasteiger partial charge on any atom is -0.455 e. The quantitative estimate of drug-likeness (QED) is 0.724. The van der Waals surface area contributed by atoms with E-state index in [9.17, 15) is 9.59 Å². The number of nitrogens with two attached hydrogens (primary N) is 1. The fourth-order valence-corrected chi connectivity index (χ4v) is 3.92. The van der Waals surface area contributed by atoms with Crippen LogP contribution in [0.5, 0.6) is 11.5 Å². The molecule has 4 unspecified atom stereocenters. The van der Waals surface area contributed by atoms with Gasteiger partial charge in [0.2, 0.25) is 6.79 Å². The van der Waals surface area contributed by atoms with Gasteiger partial charge in [0.15, 0.2) is 11.5 Å². The standard InChI is InChI=1S/C21H30N2O6/c1-5-23(14(3)8-15-6-7-16-17(9-15)28-12-27-16)20(25)26-11-21(4)10-13(2)18(22)19(24)29-21/h6-7,9,13-14,18H,5,8,10-12,22H2,1-4H3. The summed E-state index contributed by atoms with van der Waals surface area (Å²) < 4.78 is 21.7. The minimum absolute atomic E-state index is 0.00186. The summed E-state index contributed by atoms with van der Waals surface area (Å²) in [6.07, 6.45) is 0.768. The molecule has 2 aliphatic heterocycles. The van der Waals surface area contributed by atoms with Crippen molar-refractivity contribution < 1.29 is 28.5 Å². The van der Waals surface area contributed by atoms with Gasteiger partial charge in [-0.15, -0.1) is 0 Å². The van der Waals surface area contributed by atoms with Crippen molar-refractivity contribution in [1.29, 1.82) is 0 Å². The van der Waals surface area contributed by atoms with Gasteiger partial charge in [-0.25, -0.2) is 4.79 Å². The molecule has 0 saturated carbocycles. The van der Waals surface area contributed by atoms with Crippen molar-refractivity contribution in [3.05, 3.63) is 23.8 Å². The third-order valence-corrected chi connectivity index (χ3v) is 5.56. The normalized spacial score (nSPS) is 26.6. The van der Waals surface area contributed by atoms with Crippen molar-refractivity contribution in [3.63, 3.8) is 0 Å². The van der Waals surface area contributed by atoms with Crippen LogP contribution in [0.2, 0.25) is 0 Å². The maximum atomic E-state index is 12.7. The summed E-state index contributed by atoms with van der Waals surface area (Å²) in [4.78, 5) is 26.3. The van der Waals surface area contributed by atoms with Gasteiger partial charge in [0, 0.05) is 12.6 Å². The van der Waals surface area contributed by atoms with E-state index in [0.29, 0.717) is 19.4 Å². The van der Waals surface area contributed by atoms with Gasteiger partial charge in [0.25, 0.3) is 0 Å². The Balaban J connectivity index is 1.57. The molecule has 1 aromatic carbocycles. The molecule has 0 aromatic heterocycles. The molecule has 160 valence electrons. The molecule has 0 bridgehead atoms. The number of amides is 1. The average Bonchev–Trinajstić information content (AvgIpc) is 3.13. The highest BCUT2D eigenvalue weighted by Crippen LogP contribution is 2.33. The molecule has 1 amide bonds. The summed E-state index contributed by atoms with van der Waals surface area (Å²) >= 11 is 0. The van der Waals surface area contributed by atoms with Gasteiger partial charge in [-0.3, -0.25) is 4.79 Å². The van der Waals surface area contributed by atoms with Crippen LogP contribution in [0.25, 0.3) is 0 Å². The minimum atomic E-state index is -0.859. The van der Waals surface area contributed by atoms with Crippen LogP contribution in [-0.4, -0.2) is 54.6 Å². The highest BCUT2D eigenvalue weighted by molar-refractivity contribution is 5.77. The molecule has 2 heterocycles. The van der Waals surface area contributed by atoms with Crippen molar-refractivity contribution in [3.8, 4) is 11.5 Å². The fraction of sp³-hybridized carbons (Fsp3) is 0.619. The Morgan fingerprint density at radius 2 is 2.10 bits per heavy atom. The van der Waals surface area contributed by atoms with Crippen molar-refractivity contribution in [2.75, 3.05) is 19.9 Å². The first-order valence-corrected chi connectivity index (χ1v) is 10.0. The Bertz CT molecular complexity index is 770. The summed E-state index contributed by atoms with van der Waals surface area (Å²) in [5.74, 6) is 0.968. The Hall–Kier alpha value is -2.48. The van der Waals surface area contributed by atoms with Crippen LogP contribution in [-0.2, 0) is 20.7 Å². The first-order valence-electron chi connectivity index (χ1n) is 10.0. The number of ether oxygens (including phenoxy) is 4. The fourth-order valence-electron chi connectivity index (χ4n) is 3.92. The zero-order chi connectivity index (χ0) is 21.2. The predicted molar refractivity (Wildman–Crippen MR) is 106 cm³/mol. The average molecular weight is 406 g/mol. The van der Waals surface area contributed by atoms with E-state index in [2.05, 4.69) is 0 Å². The van der Waals surface area contributed by atoms with Gasteiger partial charge in [-0.2, -0.15) is 0 Å². The van der Waals surface area contributed by atoms with Gasteiger partial charge in [-0.1, -0.05) is 13.0 Å². The number of benzene rings is 1. The Morgan fingerprint density at radius 3 is 2.79 bits per heavy atom. The zero-order valence-corrected chi connectivity index (χ0v) is 17.5. The predicted octanol–water partition coefficient (Wildman–Crippen LogP) is 2.47. The van der Waals surface area contributed by atoms with E-state index in [1.54, 1.807) is 11.8 Å². The zero-order valence-electron chi connectivity index (χ0n) is 17.5. The second-order valence-corrected chi connectivity index (χ2v) is 8.16. The SMILES string of the molecule is CCN(C(=O)OCC1(C)CC(C)C(N)C(=O)O1)C(C)Cc1ccc2c(c1)OCO2. The Kier molecular flexibility index (Phi) is 6.21. The van der Waals surface area contributed by atoms with E-state index >= 15 is 0 Å². The number of fused-ring (bicyclic) bond motifs is 1. The van der Waals surface area contributed by atoms with Crippen molar-refractivity contribution in [2.45, 2.75) is 58.2 Å². The Labute approximate surface area is 171 Å². The highest BCUT2D eigenvalue weighted by atomic mass is 16.7. The van der Waals surface area contributed by atoms with Gasteiger partial charge in [0.1, 0.15) is 18.2 Å². The monoisotopic (exact) mass is 406 g/mol. The van der Waals surface area contributed by atoms with Crippen LogP contribution in [0, 0.1) is 5.92 Å². The molecule has 1 fully saturated rings. The third-order valence-electron chi connectivity index (χ3n) is 5.56. The third kappa shape index (κ3) is 4.75. The number of cyclic esters (lactones) is 1. The molecular weight excluding hydrogens is 376 g/mol. The molecule has 8 nitrogen and oxygen atoms in total. The van der Waals surface area contributed by atoms with E-state index in [-0.39, 0.29) is 25.4 Å². The first kappa shape index (κ1) is 21.2. The van der Waals surface area contributed by atoms with Gasteiger partial charge in [0.05, 0.1) is 0 Å². The van der Waals surface area contributed by atoms with Crippen LogP contribution in [0.15, 0.2) is 18.2 Å². The Morgan fingerprint density at radius 1 is 1.38 bits per heavy atom. The number of rotatable bonds is 6. The summed E-state index contributed by atoms with van der Waals surface area (Å²) in [5.41, 5.74) is 5.99. The molecule has 0 aliphatic carbocycles. The van der Waals surface area contributed by atoms with Crippen molar-refractivity contribution >= 4 is 12.1 Å². The topological polar surface area (TPSA) is 100 Å². The highest BCUT2D eigenvalue weighted by Gasteiger charge is 2.42. The lowest BCUT2D eigenvalue weighted by Gasteiger charge is -2.39. The second-order valence-electron chi connectivity index (χ2n) is 8.16. The summed E-state index contributed by atoms with van der Waals surface area (Å²) in [6.45, 7) is 8.28.